The third-order valence-corrected chi connectivity index (χ3v) is 3.47. The van der Waals surface area contributed by atoms with Gasteiger partial charge in [0.25, 0.3) is 0 Å². The molecule has 0 bridgehead atoms. The summed E-state index contributed by atoms with van der Waals surface area (Å²) < 4.78 is 5.49. The van der Waals surface area contributed by atoms with E-state index in [0.717, 1.165) is 24.8 Å². The molecule has 2 aliphatic rings. The van der Waals surface area contributed by atoms with E-state index in [-0.39, 0.29) is 11.9 Å². The van der Waals surface area contributed by atoms with Crippen LogP contribution in [-0.2, 0) is 9.53 Å². The van der Waals surface area contributed by atoms with Crippen LogP contribution in [0.2, 0.25) is 0 Å². The molecule has 0 amide bonds. The minimum absolute atomic E-state index is 0.138. The van der Waals surface area contributed by atoms with Crippen LogP contribution in [0.4, 0.5) is 0 Å². The molecule has 2 heteroatoms. The van der Waals surface area contributed by atoms with Gasteiger partial charge in [-0.1, -0.05) is 36.4 Å². The number of fused-ring (bicyclic) bond motifs is 1. The quantitative estimate of drug-likeness (QED) is 0.571. The summed E-state index contributed by atoms with van der Waals surface area (Å²) in [7, 11) is 0. The average molecular weight is 214 g/mol. The molecule has 0 N–H and O–H groups in total. The number of ketones is 1. The second-order valence-corrected chi connectivity index (χ2v) is 4.50. The van der Waals surface area contributed by atoms with Crippen LogP contribution in [0.3, 0.4) is 0 Å². The lowest BCUT2D eigenvalue weighted by Crippen LogP contribution is -2.21. The van der Waals surface area contributed by atoms with Gasteiger partial charge in [0.1, 0.15) is 0 Å². The smallest absolute Gasteiger partial charge is 0.190 e. The first-order valence-corrected chi connectivity index (χ1v) is 5.77. The van der Waals surface area contributed by atoms with Crippen LogP contribution in [0.25, 0.3) is 6.08 Å². The summed E-state index contributed by atoms with van der Waals surface area (Å²) >= 11 is 0. The molecule has 0 radical (unpaired) electrons. The number of benzene rings is 1. The van der Waals surface area contributed by atoms with Crippen molar-refractivity contribution in [2.24, 2.45) is 0 Å². The van der Waals surface area contributed by atoms with E-state index in [1.165, 1.54) is 0 Å². The van der Waals surface area contributed by atoms with Crippen LogP contribution >= 0.6 is 0 Å². The molecule has 1 aromatic carbocycles. The van der Waals surface area contributed by atoms with Crippen molar-refractivity contribution in [1.82, 2.24) is 0 Å². The Morgan fingerprint density at radius 3 is 2.81 bits per heavy atom. The molecule has 2 atom stereocenters. The first-order valence-electron chi connectivity index (χ1n) is 5.77. The highest BCUT2D eigenvalue weighted by Crippen LogP contribution is 2.50. The van der Waals surface area contributed by atoms with Crippen molar-refractivity contribution in [2.45, 2.75) is 31.0 Å². The maximum absolute atomic E-state index is 12.0. The van der Waals surface area contributed by atoms with Gasteiger partial charge in [-0.3, -0.25) is 4.79 Å². The SMILES string of the molecule is O=C(/C=C/c1ccccc1)[C@@]12CCC[C@H]1O2. The van der Waals surface area contributed by atoms with Crippen molar-refractivity contribution >= 4 is 11.9 Å². The fourth-order valence-electron chi connectivity index (χ4n) is 2.50. The van der Waals surface area contributed by atoms with Gasteiger partial charge in [0.15, 0.2) is 11.4 Å². The summed E-state index contributed by atoms with van der Waals surface area (Å²) in [6, 6.07) is 9.88. The average Bonchev–Trinajstić information content (AvgIpc) is 2.90. The zero-order valence-electron chi connectivity index (χ0n) is 9.06. The van der Waals surface area contributed by atoms with E-state index in [1.807, 2.05) is 36.4 Å². The van der Waals surface area contributed by atoms with Gasteiger partial charge in [0.05, 0.1) is 6.10 Å². The molecule has 82 valence electrons. The van der Waals surface area contributed by atoms with Gasteiger partial charge >= 0.3 is 0 Å². The fourth-order valence-corrected chi connectivity index (χ4v) is 2.50. The predicted molar refractivity (Wildman–Crippen MR) is 61.9 cm³/mol. The van der Waals surface area contributed by atoms with Gasteiger partial charge in [-0.2, -0.15) is 0 Å². The highest BCUT2D eigenvalue weighted by Gasteiger charge is 2.63. The Morgan fingerprint density at radius 2 is 2.19 bits per heavy atom. The summed E-state index contributed by atoms with van der Waals surface area (Å²) in [4.78, 5) is 12.0. The van der Waals surface area contributed by atoms with Crippen molar-refractivity contribution in [3.05, 3.63) is 42.0 Å². The van der Waals surface area contributed by atoms with Crippen LogP contribution in [0.1, 0.15) is 24.8 Å². The summed E-state index contributed by atoms with van der Waals surface area (Å²) in [6.45, 7) is 0. The molecule has 2 nitrogen and oxygen atoms in total. The van der Waals surface area contributed by atoms with E-state index >= 15 is 0 Å². The van der Waals surface area contributed by atoms with E-state index in [2.05, 4.69) is 0 Å². The Kier molecular flexibility index (Phi) is 2.18. The van der Waals surface area contributed by atoms with Gasteiger partial charge in [-0.05, 0) is 30.9 Å². The molecule has 0 unspecified atom stereocenters. The molecule has 0 spiro atoms. The molecule has 0 aromatic heterocycles. The van der Waals surface area contributed by atoms with Crippen molar-refractivity contribution in [3.8, 4) is 0 Å². The number of hydrogen-bond donors (Lipinski definition) is 0. The lowest BCUT2D eigenvalue weighted by Gasteiger charge is -2.02. The minimum atomic E-state index is -0.425. The van der Waals surface area contributed by atoms with Crippen LogP contribution in [0.5, 0.6) is 0 Å². The topological polar surface area (TPSA) is 29.6 Å². The molecule has 1 saturated heterocycles. The van der Waals surface area contributed by atoms with Crippen molar-refractivity contribution in [3.63, 3.8) is 0 Å². The highest BCUT2D eigenvalue weighted by molar-refractivity contribution is 6.02. The van der Waals surface area contributed by atoms with Crippen LogP contribution in [0.15, 0.2) is 36.4 Å². The zero-order chi connectivity index (χ0) is 11.0. The van der Waals surface area contributed by atoms with E-state index in [9.17, 15) is 4.79 Å². The third-order valence-electron chi connectivity index (χ3n) is 3.47. The number of epoxide rings is 1. The molecular formula is C14H14O2. The molecular weight excluding hydrogens is 200 g/mol. The first-order chi connectivity index (χ1) is 7.81. The summed E-state index contributed by atoms with van der Waals surface area (Å²) in [6.07, 6.45) is 6.81. The Morgan fingerprint density at radius 1 is 1.38 bits per heavy atom. The predicted octanol–water partition coefficient (Wildman–Crippen LogP) is 2.59. The third kappa shape index (κ3) is 1.50. The molecule has 1 aromatic rings. The summed E-state index contributed by atoms with van der Waals surface area (Å²) in [5.74, 6) is 0.138. The lowest BCUT2D eigenvalue weighted by atomic mass is 10.0. The second-order valence-electron chi connectivity index (χ2n) is 4.50. The van der Waals surface area contributed by atoms with Gasteiger partial charge in [-0.15, -0.1) is 0 Å². The van der Waals surface area contributed by atoms with Gasteiger partial charge in [-0.25, -0.2) is 0 Å². The van der Waals surface area contributed by atoms with E-state index in [0.29, 0.717) is 0 Å². The van der Waals surface area contributed by atoms with Gasteiger partial charge in [0, 0.05) is 0 Å². The molecule has 1 saturated carbocycles. The molecule has 1 aliphatic heterocycles. The Bertz CT molecular complexity index is 435. The zero-order valence-corrected chi connectivity index (χ0v) is 9.06. The maximum Gasteiger partial charge on any atom is 0.190 e. The number of ether oxygens (including phenoxy) is 1. The number of carbonyl (C=O) groups excluding carboxylic acids is 1. The monoisotopic (exact) mass is 214 g/mol. The molecule has 2 fully saturated rings. The number of hydrogen-bond acceptors (Lipinski definition) is 2. The van der Waals surface area contributed by atoms with Crippen LogP contribution in [0, 0.1) is 0 Å². The number of rotatable bonds is 3. The van der Waals surface area contributed by atoms with Crippen molar-refractivity contribution in [2.75, 3.05) is 0 Å². The minimum Gasteiger partial charge on any atom is -0.357 e. The molecule has 1 aliphatic carbocycles. The van der Waals surface area contributed by atoms with Crippen molar-refractivity contribution < 1.29 is 9.53 Å². The second kappa shape index (κ2) is 3.56. The Hall–Kier alpha value is -1.41. The largest absolute Gasteiger partial charge is 0.357 e. The maximum atomic E-state index is 12.0. The summed E-state index contributed by atoms with van der Waals surface area (Å²) in [5.41, 5.74) is 0.633. The normalized spacial score (nSPS) is 31.6. The molecule has 1 heterocycles. The number of carbonyl (C=O) groups is 1. The first kappa shape index (κ1) is 9.79. The van der Waals surface area contributed by atoms with Crippen LogP contribution in [-0.4, -0.2) is 17.5 Å². The highest BCUT2D eigenvalue weighted by atomic mass is 16.6. The van der Waals surface area contributed by atoms with Crippen molar-refractivity contribution in [1.29, 1.82) is 0 Å². The molecule has 3 rings (SSSR count). The van der Waals surface area contributed by atoms with Crippen LogP contribution < -0.4 is 0 Å². The van der Waals surface area contributed by atoms with Gasteiger partial charge < -0.3 is 4.74 Å². The van der Waals surface area contributed by atoms with E-state index < -0.39 is 5.60 Å². The fraction of sp³-hybridized carbons (Fsp3) is 0.357. The summed E-state index contributed by atoms with van der Waals surface area (Å²) in [5, 5.41) is 0. The Labute approximate surface area is 94.9 Å². The molecule has 16 heavy (non-hydrogen) atoms. The van der Waals surface area contributed by atoms with E-state index in [4.69, 9.17) is 4.74 Å². The lowest BCUT2D eigenvalue weighted by molar-refractivity contribution is -0.119. The van der Waals surface area contributed by atoms with E-state index in [1.54, 1.807) is 6.08 Å². The standard InChI is InChI=1S/C14H14O2/c15-12(14-10-4-7-13(14)16-14)9-8-11-5-2-1-3-6-11/h1-3,5-6,8-9,13H,4,7,10H2/b9-8+/t13-,14+/m1/s1. The Balaban J connectivity index is 1.72. The van der Waals surface area contributed by atoms with Gasteiger partial charge in [0.2, 0.25) is 0 Å².